The summed E-state index contributed by atoms with van der Waals surface area (Å²) < 4.78 is 0. The first kappa shape index (κ1) is 10.3. The molecule has 0 unspecified atom stereocenters. The average Bonchev–Trinajstić information content (AvgIpc) is 3.14. The summed E-state index contributed by atoms with van der Waals surface area (Å²) in [4.78, 5) is 8.81. The molecule has 1 saturated carbocycles. The summed E-state index contributed by atoms with van der Waals surface area (Å²) in [6.45, 7) is 2.07. The Bertz CT molecular complexity index is 542. The van der Waals surface area contributed by atoms with Crippen LogP contribution in [0.15, 0.2) is 30.5 Å². The highest BCUT2D eigenvalue weighted by molar-refractivity contribution is 5.72. The molecule has 3 rings (SSSR count). The van der Waals surface area contributed by atoms with Crippen molar-refractivity contribution in [2.45, 2.75) is 25.7 Å². The van der Waals surface area contributed by atoms with E-state index in [4.69, 9.17) is 5.73 Å². The zero-order valence-corrected chi connectivity index (χ0v) is 9.85. The second-order valence-electron chi connectivity index (χ2n) is 4.67. The molecule has 1 fully saturated rings. The molecule has 17 heavy (non-hydrogen) atoms. The van der Waals surface area contributed by atoms with E-state index in [0.717, 1.165) is 17.0 Å². The van der Waals surface area contributed by atoms with Crippen molar-refractivity contribution in [1.29, 1.82) is 0 Å². The SMILES string of the molecule is Cc1ccc(-c2cnc(C3CC3)nc2N)cc1. The Kier molecular flexibility index (Phi) is 2.32. The quantitative estimate of drug-likeness (QED) is 0.855. The number of nitrogens with two attached hydrogens (primary N) is 1. The van der Waals surface area contributed by atoms with Gasteiger partial charge in [0.15, 0.2) is 0 Å². The van der Waals surface area contributed by atoms with Crippen LogP contribution in [0.4, 0.5) is 5.82 Å². The number of rotatable bonds is 2. The topological polar surface area (TPSA) is 51.8 Å². The fourth-order valence-electron chi connectivity index (χ4n) is 1.90. The summed E-state index contributed by atoms with van der Waals surface area (Å²) in [5.74, 6) is 2.04. The first-order chi connectivity index (χ1) is 8.24. The summed E-state index contributed by atoms with van der Waals surface area (Å²) in [5.41, 5.74) is 9.25. The molecule has 1 aliphatic carbocycles. The minimum atomic E-state index is 0.546. The van der Waals surface area contributed by atoms with Crippen LogP contribution < -0.4 is 5.73 Å². The Balaban J connectivity index is 1.99. The number of nitrogens with zero attached hydrogens (tertiary/aromatic N) is 2. The van der Waals surface area contributed by atoms with E-state index in [9.17, 15) is 0 Å². The Morgan fingerprint density at radius 1 is 1.18 bits per heavy atom. The van der Waals surface area contributed by atoms with E-state index in [1.165, 1.54) is 18.4 Å². The van der Waals surface area contributed by atoms with Gasteiger partial charge in [0.1, 0.15) is 11.6 Å². The molecule has 2 aromatic rings. The molecule has 86 valence electrons. The molecular formula is C14H15N3. The number of anilines is 1. The highest BCUT2D eigenvalue weighted by Gasteiger charge is 2.26. The van der Waals surface area contributed by atoms with Crippen LogP contribution in [-0.4, -0.2) is 9.97 Å². The Hall–Kier alpha value is -1.90. The van der Waals surface area contributed by atoms with E-state index < -0.39 is 0 Å². The number of hydrogen-bond donors (Lipinski definition) is 1. The normalized spacial score (nSPS) is 14.9. The molecule has 3 nitrogen and oxygen atoms in total. The molecular weight excluding hydrogens is 210 g/mol. The fourth-order valence-corrected chi connectivity index (χ4v) is 1.90. The zero-order valence-electron chi connectivity index (χ0n) is 9.85. The molecule has 0 radical (unpaired) electrons. The van der Waals surface area contributed by atoms with Crippen LogP contribution in [0.25, 0.3) is 11.1 Å². The maximum Gasteiger partial charge on any atom is 0.135 e. The third-order valence-electron chi connectivity index (χ3n) is 3.14. The van der Waals surface area contributed by atoms with Gasteiger partial charge in [-0.15, -0.1) is 0 Å². The van der Waals surface area contributed by atoms with Gasteiger partial charge in [-0.25, -0.2) is 9.97 Å². The third kappa shape index (κ3) is 2.00. The van der Waals surface area contributed by atoms with Gasteiger partial charge in [0.25, 0.3) is 0 Å². The molecule has 0 atom stereocenters. The molecule has 0 amide bonds. The van der Waals surface area contributed by atoms with Crippen molar-refractivity contribution in [3.05, 3.63) is 41.9 Å². The number of aromatic nitrogens is 2. The van der Waals surface area contributed by atoms with Crippen molar-refractivity contribution in [3.8, 4) is 11.1 Å². The van der Waals surface area contributed by atoms with Crippen molar-refractivity contribution in [2.75, 3.05) is 5.73 Å². The summed E-state index contributed by atoms with van der Waals surface area (Å²) in [6, 6.07) is 8.26. The van der Waals surface area contributed by atoms with Crippen LogP contribution in [0.2, 0.25) is 0 Å². The number of nitrogen functional groups attached to an aromatic ring is 1. The Morgan fingerprint density at radius 3 is 2.47 bits per heavy atom. The summed E-state index contributed by atoms with van der Waals surface area (Å²) in [5, 5.41) is 0. The van der Waals surface area contributed by atoms with Crippen molar-refractivity contribution in [2.24, 2.45) is 0 Å². The van der Waals surface area contributed by atoms with Gasteiger partial charge in [0.2, 0.25) is 0 Å². The van der Waals surface area contributed by atoms with E-state index in [0.29, 0.717) is 11.7 Å². The largest absolute Gasteiger partial charge is 0.383 e. The fraction of sp³-hybridized carbons (Fsp3) is 0.286. The van der Waals surface area contributed by atoms with Crippen LogP contribution in [0.3, 0.4) is 0 Å². The average molecular weight is 225 g/mol. The van der Waals surface area contributed by atoms with Gasteiger partial charge in [-0.05, 0) is 25.3 Å². The summed E-state index contributed by atoms with van der Waals surface area (Å²) in [6.07, 6.45) is 4.24. The molecule has 2 N–H and O–H groups in total. The number of benzene rings is 1. The van der Waals surface area contributed by atoms with Gasteiger partial charge < -0.3 is 5.73 Å². The van der Waals surface area contributed by atoms with E-state index in [-0.39, 0.29) is 0 Å². The van der Waals surface area contributed by atoms with Gasteiger partial charge in [-0.2, -0.15) is 0 Å². The highest BCUT2D eigenvalue weighted by Crippen LogP contribution is 2.38. The second-order valence-corrected chi connectivity index (χ2v) is 4.67. The molecule has 1 aromatic heterocycles. The lowest BCUT2D eigenvalue weighted by atomic mass is 10.1. The number of hydrogen-bond acceptors (Lipinski definition) is 3. The minimum absolute atomic E-state index is 0.546. The van der Waals surface area contributed by atoms with Gasteiger partial charge in [-0.3, -0.25) is 0 Å². The van der Waals surface area contributed by atoms with Crippen molar-refractivity contribution < 1.29 is 0 Å². The molecule has 1 heterocycles. The molecule has 1 aliphatic rings. The predicted octanol–water partition coefficient (Wildman–Crippen LogP) is 2.91. The Morgan fingerprint density at radius 2 is 1.88 bits per heavy atom. The minimum Gasteiger partial charge on any atom is -0.383 e. The van der Waals surface area contributed by atoms with Gasteiger partial charge >= 0.3 is 0 Å². The summed E-state index contributed by atoms with van der Waals surface area (Å²) in [7, 11) is 0. The lowest BCUT2D eigenvalue weighted by molar-refractivity contribution is 0.934. The monoisotopic (exact) mass is 225 g/mol. The summed E-state index contributed by atoms with van der Waals surface area (Å²) >= 11 is 0. The van der Waals surface area contributed by atoms with Gasteiger partial charge in [0.05, 0.1) is 0 Å². The zero-order chi connectivity index (χ0) is 11.8. The smallest absolute Gasteiger partial charge is 0.135 e. The standard InChI is InChI=1S/C14H15N3/c1-9-2-4-10(5-3-9)12-8-16-14(11-6-7-11)17-13(12)15/h2-5,8,11H,6-7H2,1H3,(H2,15,16,17). The molecule has 3 heteroatoms. The molecule has 0 aliphatic heterocycles. The molecule has 0 bridgehead atoms. The van der Waals surface area contributed by atoms with Crippen LogP contribution in [-0.2, 0) is 0 Å². The van der Waals surface area contributed by atoms with Crippen LogP contribution >= 0.6 is 0 Å². The first-order valence-electron chi connectivity index (χ1n) is 5.93. The van der Waals surface area contributed by atoms with Crippen molar-refractivity contribution in [1.82, 2.24) is 9.97 Å². The van der Waals surface area contributed by atoms with Crippen molar-refractivity contribution >= 4 is 5.82 Å². The predicted molar refractivity (Wildman–Crippen MR) is 68.6 cm³/mol. The maximum atomic E-state index is 6.01. The van der Waals surface area contributed by atoms with Crippen LogP contribution in [0.5, 0.6) is 0 Å². The molecule has 0 spiro atoms. The maximum absolute atomic E-state index is 6.01. The van der Waals surface area contributed by atoms with Crippen molar-refractivity contribution in [3.63, 3.8) is 0 Å². The Labute approximate surface area is 101 Å². The van der Waals surface area contributed by atoms with E-state index in [1.807, 2.05) is 6.20 Å². The lowest BCUT2D eigenvalue weighted by Gasteiger charge is -2.06. The molecule has 0 saturated heterocycles. The van der Waals surface area contributed by atoms with Crippen LogP contribution in [0.1, 0.15) is 30.1 Å². The lowest BCUT2D eigenvalue weighted by Crippen LogP contribution is -2.00. The molecule has 1 aromatic carbocycles. The van der Waals surface area contributed by atoms with E-state index >= 15 is 0 Å². The first-order valence-corrected chi connectivity index (χ1v) is 5.93. The van der Waals surface area contributed by atoms with E-state index in [2.05, 4.69) is 41.2 Å². The van der Waals surface area contributed by atoms with Gasteiger partial charge in [-0.1, -0.05) is 29.8 Å². The highest BCUT2D eigenvalue weighted by atomic mass is 15.0. The van der Waals surface area contributed by atoms with E-state index in [1.54, 1.807) is 0 Å². The second kappa shape index (κ2) is 3.84. The van der Waals surface area contributed by atoms with Gasteiger partial charge in [0, 0.05) is 17.7 Å². The number of aryl methyl sites for hydroxylation is 1. The van der Waals surface area contributed by atoms with Crippen LogP contribution in [0, 0.1) is 6.92 Å². The third-order valence-corrected chi connectivity index (χ3v) is 3.14.